The fourth-order valence-corrected chi connectivity index (χ4v) is 2.41. The van der Waals surface area contributed by atoms with E-state index in [1.54, 1.807) is 24.9 Å². The lowest BCUT2D eigenvalue weighted by Gasteiger charge is -2.05. The van der Waals surface area contributed by atoms with Gasteiger partial charge < -0.3 is 5.11 Å². The molecule has 18 heavy (non-hydrogen) atoms. The first-order chi connectivity index (χ1) is 8.65. The second-order valence-corrected chi connectivity index (χ2v) is 5.50. The third-order valence-corrected chi connectivity index (χ3v) is 3.81. The molecule has 0 radical (unpaired) electrons. The molecule has 4 heteroatoms. The highest BCUT2D eigenvalue weighted by Crippen LogP contribution is 2.23. The van der Waals surface area contributed by atoms with Crippen LogP contribution >= 0.6 is 23.4 Å². The molecule has 1 aromatic heterocycles. The lowest BCUT2D eigenvalue weighted by Crippen LogP contribution is -1.94. The molecule has 94 valence electrons. The summed E-state index contributed by atoms with van der Waals surface area (Å²) in [6.45, 7) is 1.71. The molecule has 0 aliphatic rings. The Bertz CT molecular complexity index is 496. The maximum absolute atomic E-state index is 9.37. The van der Waals surface area contributed by atoms with Crippen molar-refractivity contribution in [1.29, 1.82) is 0 Å². The first-order valence-electron chi connectivity index (χ1n) is 5.66. The number of hydrogen-bond acceptors (Lipinski definition) is 3. The van der Waals surface area contributed by atoms with Gasteiger partial charge in [-0.1, -0.05) is 23.7 Å². The second kappa shape index (κ2) is 6.23. The van der Waals surface area contributed by atoms with Crippen LogP contribution in [0.2, 0.25) is 5.02 Å². The average Bonchev–Trinajstić information content (AvgIpc) is 2.38. The van der Waals surface area contributed by atoms with Gasteiger partial charge in [0.2, 0.25) is 0 Å². The molecule has 0 amide bonds. The number of aromatic nitrogens is 1. The van der Waals surface area contributed by atoms with E-state index in [4.69, 9.17) is 11.6 Å². The molecule has 0 saturated heterocycles. The predicted octanol–water partition coefficient (Wildman–Crippen LogP) is 4.08. The summed E-state index contributed by atoms with van der Waals surface area (Å²) in [5.41, 5.74) is 1.93. The summed E-state index contributed by atoms with van der Waals surface area (Å²) in [7, 11) is 0. The minimum Gasteiger partial charge on any atom is -0.387 e. The Labute approximate surface area is 116 Å². The van der Waals surface area contributed by atoms with Gasteiger partial charge in [0.15, 0.2) is 0 Å². The Morgan fingerprint density at radius 2 is 1.94 bits per heavy atom. The molecular weight excluding hydrogens is 266 g/mol. The maximum Gasteiger partial charge on any atom is 0.0931 e. The molecule has 0 aliphatic heterocycles. The van der Waals surface area contributed by atoms with Crippen LogP contribution in [0.15, 0.2) is 47.5 Å². The summed E-state index contributed by atoms with van der Waals surface area (Å²) in [4.78, 5) is 5.30. The smallest absolute Gasteiger partial charge is 0.0931 e. The van der Waals surface area contributed by atoms with Gasteiger partial charge in [-0.05, 0) is 36.8 Å². The Morgan fingerprint density at radius 3 is 2.50 bits per heavy atom. The van der Waals surface area contributed by atoms with E-state index in [-0.39, 0.29) is 0 Å². The van der Waals surface area contributed by atoms with Gasteiger partial charge in [-0.2, -0.15) is 0 Å². The summed E-state index contributed by atoms with van der Waals surface area (Å²) < 4.78 is 0. The van der Waals surface area contributed by atoms with Crippen molar-refractivity contribution in [2.24, 2.45) is 0 Å². The lowest BCUT2D eigenvalue weighted by molar-refractivity contribution is 0.194. The van der Waals surface area contributed by atoms with Gasteiger partial charge in [0.1, 0.15) is 0 Å². The number of aliphatic hydroxyl groups excluding tert-OH is 1. The maximum atomic E-state index is 9.37. The van der Waals surface area contributed by atoms with E-state index in [0.29, 0.717) is 5.69 Å². The Balaban J connectivity index is 1.95. The van der Waals surface area contributed by atoms with E-state index in [1.807, 2.05) is 36.4 Å². The van der Waals surface area contributed by atoms with Crippen LogP contribution in [0, 0.1) is 0 Å². The molecule has 1 N–H and O–H groups in total. The number of thioether (sulfide) groups is 1. The van der Waals surface area contributed by atoms with Crippen molar-refractivity contribution in [3.05, 3.63) is 58.9 Å². The molecule has 1 aromatic carbocycles. The predicted molar refractivity (Wildman–Crippen MR) is 75.9 cm³/mol. The van der Waals surface area contributed by atoms with Crippen LogP contribution in [0.1, 0.15) is 24.3 Å². The van der Waals surface area contributed by atoms with Crippen molar-refractivity contribution >= 4 is 23.4 Å². The van der Waals surface area contributed by atoms with E-state index in [2.05, 4.69) is 4.98 Å². The van der Waals surface area contributed by atoms with Gasteiger partial charge in [-0.15, -0.1) is 11.8 Å². The molecule has 2 aromatic rings. The van der Waals surface area contributed by atoms with E-state index in [9.17, 15) is 5.11 Å². The fraction of sp³-hybridized carbons (Fsp3) is 0.214. The molecule has 1 atom stereocenters. The third-order valence-electron chi connectivity index (χ3n) is 2.51. The number of pyridine rings is 1. The highest BCUT2D eigenvalue weighted by molar-refractivity contribution is 7.98. The molecule has 1 heterocycles. The van der Waals surface area contributed by atoms with E-state index in [0.717, 1.165) is 15.7 Å². The summed E-state index contributed by atoms with van der Waals surface area (Å²) in [5.74, 6) is 0.882. The zero-order valence-electron chi connectivity index (χ0n) is 10.0. The van der Waals surface area contributed by atoms with E-state index in [1.165, 1.54) is 5.56 Å². The van der Waals surface area contributed by atoms with Gasteiger partial charge in [0.25, 0.3) is 0 Å². The van der Waals surface area contributed by atoms with Gasteiger partial charge in [0, 0.05) is 21.9 Å². The highest BCUT2D eigenvalue weighted by atomic mass is 35.5. The zero-order valence-corrected chi connectivity index (χ0v) is 11.6. The van der Waals surface area contributed by atoms with Crippen molar-refractivity contribution in [2.75, 3.05) is 0 Å². The summed E-state index contributed by atoms with van der Waals surface area (Å²) in [6, 6.07) is 11.7. The number of halogens is 1. The molecule has 0 aliphatic carbocycles. The lowest BCUT2D eigenvalue weighted by atomic mass is 10.2. The topological polar surface area (TPSA) is 33.1 Å². The number of hydrogen-bond donors (Lipinski definition) is 1. The van der Waals surface area contributed by atoms with Gasteiger partial charge in [-0.3, -0.25) is 4.98 Å². The fourth-order valence-electron chi connectivity index (χ4n) is 1.47. The molecule has 0 bridgehead atoms. The summed E-state index contributed by atoms with van der Waals surface area (Å²) in [5, 5.41) is 10.1. The minimum atomic E-state index is -0.514. The van der Waals surface area contributed by atoms with Gasteiger partial charge in [-0.25, -0.2) is 0 Å². The van der Waals surface area contributed by atoms with Crippen LogP contribution < -0.4 is 0 Å². The Kier molecular flexibility index (Phi) is 4.64. The monoisotopic (exact) mass is 279 g/mol. The highest BCUT2D eigenvalue weighted by Gasteiger charge is 2.02. The number of nitrogens with zero attached hydrogens (tertiary/aromatic N) is 1. The average molecular weight is 280 g/mol. The molecular formula is C14H14ClNOS. The zero-order chi connectivity index (χ0) is 13.0. The molecule has 2 nitrogen and oxygen atoms in total. The normalized spacial score (nSPS) is 12.4. The number of rotatable bonds is 4. The SMILES string of the molecule is CC(O)c1ccc(SCc2ccc(Cl)cc2)cn1. The first-order valence-corrected chi connectivity index (χ1v) is 7.03. The molecule has 1 unspecified atom stereocenters. The molecule has 0 spiro atoms. The standard InChI is InChI=1S/C14H14ClNOS/c1-10(17)14-7-6-13(8-16-14)18-9-11-2-4-12(15)5-3-11/h2-8,10,17H,9H2,1H3. The van der Waals surface area contributed by atoms with Crippen LogP contribution in [0.25, 0.3) is 0 Å². The van der Waals surface area contributed by atoms with Crippen LogP contribution in [0.5, 0.6) is 0 Å². The van der Waals surface area contributed by atoms with Crippen LogP contribution in [-0.4, -0.2) is 10.1 Å². The quantitative estimate of drug-likeness (QED) is 0.856. The second-order valence-electron chi connectivity index (χ2n) is 4.01. The molecule has 0 fully saturated rings. The van der Waals surface area contributed by atoms with Gasteiger partial charge in [0.05, 0.1) is 11.8 Å². The van der Waals surface area contributed by atoms with Crippen molar-refractivity contribution in [3.63, 3.8) is 0 Å². The van der Waals surface area contributed by atoms with Gasteiger partial charge >= 0.3 is 0 Å². The Morgan fingerprint density at radius 1 is 1.22 bits per heavy atom. The van der Waals surface area contributed by atoms with Crippen LogP contribution in [0.4, 0.5) is 0 Å². The van der Waals surface area contributed by atoms with Crippen molar-refractivity contribution < 1.29 is 5.11 Å². The Hall–Kier alpha value is -1.03. The van der Waals surface area contributed by atoms with Crippen molar-refractivity contribution in [1.82, 2.24) is 4.98 Å². The molecule has 0 saturated carbocycles. The van der Waals surface area contributed by atoms with Crippen LogP contribution in [0.3, 0.4) is 0 Å². The minimum absolute atomic E-state index is 0.514. The first kappa shape index (κ1) is 13.4. The number of aliphatic hydroxyl groups is 1. The molecule has 2 rings (SSSR count). The third kappa shape index (κ3) is 3.73. The summed E-state index contributed by atoms with van der Waals surface area (Å²) in [6.07, 6.45) is 1.28. The van der Waals surface area contributed by atoms with Crippen LogP contribution in [-0.2, 0) is 5.75 Å². The van der Waals surface area contributed by atoms with E-state index < -0.39 is 6.10 Å². The number of benzene rings is 1. The largest absolute Gasteiger partial charge is 0.387 e. The van der Waals surface area contributed by atoms with E-state index >= 15 is 0 Å². The summed E-state index contributed by atoms with van der Waals surface area (Å²) >= 11 is 7.55. The van der Waals surface area contributed by atoms with Crippen molar-refractivity contribution in [2.45, 2.75) is 23.7 Å². The van der Waals surface area contributed by atoms with Crippen molar-refractivity contribution in [3.8, 4) is 0 Å².